The number of hydrogen-bond acceptors (Lipinski definition) is 8. The average molecular weight is 425 g/mol. The lowest BCUT2D eigenvalue weighted by atomic mass is 10.2. The summed E-state index contributed by atoms with van der Waals surface area (Å²) in [5, 5.41) is 9.65. The second-order valence-electron chi connectivity index (χ2n) is 5.71. The van der Waals surface area contributed by atoms with Crippen molar-refractivity contribution < 1.29 is 28.5 Å². The zero-order valence-corrected chi connectivity index (χ0v) is 15.7. The SMILES string of the molecule is O=C(S[C@@H]1CC(=O)N1C(Cl)C(=O)OCc1ccc([N+](=O)[O-])cc1)c1ccco1. The van der Waals surface area contributed by atoms with Crippen LogP contribution in [0.3, 0.4) is 0 Å². The van der Waals surface area contributed by atoms with Gasteiger partial charge in [0.2, 0.25) is 11.4 Å². The fourth-order valence-electron chi connectivity index (χ4n) is 2.40. The quantitative estimate of drug-likeness (QED) is 0.166. The van der Waals surface area contributed by atoms with Crippen molar-refractivity contribution in [3.8, 4) is 0 Å². The Balaban J connectivity index is 1.54. The first-order chi connectivity index (χ1) is 13.4. The van der Waals surface area contributed by atoms with E-state index in [9.17, 15) is 24.5 Å². The second-order valence-corrected chi connectivity index (χ2v) is 7.27. The molecule has 1 aromatic carbocycles. The maximum atomic E-state index is 12.2. The number of β-lactam (4-membered cyclic amide) rings is 1. The Morgan fingerprint density at radius 2 is 2.07 bits per heavy atom. The van der Waals surface area contributed by atoms with Gasteiger partial charge in [0.15, 0.2) is 5.76 Å². The predicted molar refractivity (Wildman–Crippen MR) is 98.4 cm³/mol. The number of nitrogens with zero attached hydrogens (tertiary/aromatic N) is 2. The highest BCUT2D eigenvalue weighted by atomic mass is 35.5. The molecule has 1 unspecified atom stereocenters. The van der Waals surface area contributed by atoms with E-state index in [0.717, 1.165) is 16.7 Å². The van der Waals surface area contributed by atoms with Gasteiger partial charge in [-0.1, -0.05) is 23.4 Å². The van der Waals surface area contributed by atoms with E-state index < -0.39 is 21.8 Å². The normalized spacial score (nSPS) is 17.0. The van der Waals surface area contributed by atoms with E-state index in [1.54, 1.807) is 6.07 Å². The third-order valence-electron chi connectivity index (χ3n) is 3.88. The van der Waals surface area contributed by atoms with E-state index in [1.165, 1.54) is 36.6 Å². The van der Waals surface area contributed by atoms with Gasteiger partial charge in [0.25, 0.3) is 10.8 Å². The van der Waals surface area contributed by atoms with Gasteiger partial charge in [-0.25, -0.2) is 4.79 Å². The Morgan fingerprint density at radius 3 is 2.64 bits per heavy atom. The number of nitro groups is 1. The van der Waals surface area contributed by atoms with Crippen molar-refractivity contribution in [1.29, 1.82) is 0 Å². The molecule has 0 saturated carbocycles. The molecule has 0 aliphatic carbocycles. The van der Waals surface area contributed by atoms with Crippen molar-refractivity contribution in [2.24, 2.45) is 0 Å². The molecule has 0 radical (unpaired) electrons. The lowest BCUT2D eigenvalue weighted by Gasteiger charge is -2.40. The van der Waals surface area contributed by atoms with E-state index in [0.29, 0.717) is 5.56 Å². The maximum Gasteiger partial charge on any atom is 0.345 e. The number of non-ortho nitro benzene ring substituents is 1. The second kappa shape index (κ2) is 8.44. The Morgan fingerprint density at radius 1 is 1.36 bits per heavy atom. The lowest BCUT2D eigenvalue weighted by Crippen LogP contribution is -2.57. The molecule has 0 bridgehead atoms. The summed E-state index contributed by atoms with van der Waals surface area (Å²) in [6.45, 7) is -0.161. The standard InChI is InChI=1S/C17H13ClN2O7S/c18-15(16(22)27-9-10-3-5-11(6-4-10)20(24)25)19-13(21)8-14(19)28-17(23)12-2-1-7-26-12/h1-7,14-15H,8-9H2/t14-,15?/m1/s1. The van der Waals surface area contributed by atoms with Crippen molar-refractivity contribution in [3.05, 3.63) is 64.1 Å². The van der Waals surface area contributed by atoms with E-state index >= 15 is 0 Å². The van der Waals surface area contributed by atoms with Crippen LogP contribution >= 0.6 is 23.4 Å². The van der Waals surface area contributed by atoms with Gasteiger partial charge in [0.1, 0.15) is 6.61 Å². The molecule has 3 rings (SSSR count). The van der Waals surface area contributed by atoms with Gasteiger partial charge >= 0.3 is 5.97 Å². The first-order valence-corrected chi connectivity index (χ1v) is 9.28. The van der Waals surface area contributed by atoms with Gasteiger partial charge < -0.3 is 14.1 Å². The Bertz CT molecular complexity index is 901. The molecule has 1 aliphatic heterocycles. The molecule has 2 aromatic rings. The van der Waals surface area contributed by atoms with E-state index in [2.05, 4.69) is 0 Å². The summed E-state index contributed by atoms with van der Waals surface area (Å²) < 4.78 is 10.1. The van der Waals surface area contributed by atoms with E-state index in [4.69, 9.17) is 20.8 Å². The number of benzene rings is 1. The Kier molecular flexibility index (Phi) is 6.00. The smallest absolute Gasteiger partial charge is 0.345 e. The number of nitro benzene ring substituents is 1. The monoisotopic (exact) mass is 424 g/mol. The van der Waals surface area contributed by atoms with Crippen LogP contribution in [0.15, 0.2) is 47.1 Å². The summed E-state index contributed by atoms with van der Waals surface area (Å²) in [7, 11) is 0. The number of esters is 1. The molecule has 0 N–H and O–H groups in total. The highest BCUT2D eigenvalue weighted by Crippen LogP contribution is 2.35. The van der Waals surface area contributed by atoms with Gasteiger partial charge in [-0.2, -0.15) is 0 Å². The molecule has 9 nitrogen and oxygen atoms in total. The van der Waals surface area contributed by atoms with Gasteiger partial charge in [-0.05, 0) is 29.8 Å². The summed E-state index contributed by atoms with van der Waals surface area (Å²) in [4.78, 5) is 47.2. The number of thioether (sulfide) groups is 1. The molecular formula is C17H13ClN2O7S. The van der Waals surface area contributed by atoms with Gasteiger partial charge in [0.05, 0.1) is 23.0 Å². The van der Waals surface area contributed by atoms with E-state index in [1.807, 2.05) is 0 Å². The van der Waals surface area contributed by atoms with Crippen LogP contribution in [0.25, 0.3) is 0 Å². The maximum absolute atomic E-state index is 12.2. The number of hydrogen-bond donors (Lipinski definition) is 0. The minimum atomic E-state index is -1.39. The zero-order valence-electron chi connectivity index (χ0n) is 14.1. The number of likely N-dealkylation sites (tertiary alicyclic amines) is 1. The zero-order chi connectivity index (χ0) is 20.3. The molecule has 1 amide bonds. The summed E-state index contributed by atoms with van der Waals surface area (Å²) >= 11 is 6.89. The van der Waals surface area contributed by atoms with Crippen LogP contribution in [0.1, 0.15) is 22.5 Å². The van der Waals surface area contributed by atoms with Crippen molar-refractivity contribution >= 4 is 46.0 Å². The van der Waals surface area contributed by atoms with Gasteiger partial charge in [0, 0.05) is 12.1 Å². The summed E-state index contributed by atoms with van der Waals surface area (Å²) in [6.07, 6.45) is 1.42. The average Bonchev–Trinajstić information content (AvgIpc) is 3.20. The molecule has 11 heteroatoms. The van der Waals surface area contributed by atoms with Crippen molar-refractivity contribution in [2.45, 2.75) is 23.9 Å². The van der Waals surface area contributed by atoms with Crippen LogP contribution in [-0.4, -0.2) is 37.7 Å². The fraction of sp³-hybridized carbons (Fsp3) is 0.235. The van der Waals surface area contributed by atoms with Crippen LogP contribution in [-0.2, 0) is 20.9 Å². The number of amides is 1. The van der Waals surface area contributed by atoms with Crippen LogP contribution in [0, 0.1) is 10.1 Å². The number of rotatable bonds is 7. The summed E-state index contributed by atoms with van der Waals surface area (Å²) in [5.41, 5.74) is -0.949. The van der Waals surface area contributed by atoms with Crippen LogP contribution < -0.4 is 0 Å². The molecule has 0 spiro atoms. The van der Waals surface area contributed by atoms with E-state index in [-0.39, 0.29) is 35.5 Å². The largest absolute Gasteiger partial charge is 0.460 e. The highest BCUT2D eigenvalue weighted by Gasteiger charge is 2.45. The van der Waals surface area contributed by atoms with Crippen LogP contribution in [0.2, 0.25) is 0 Å². The first kappa shape index (κ1) is 19.9. The molecule has 2 atom stereocenters. The first-order valence-electron chi connectivity index (χ1n) is 7.96. The number of alkyl halides is 1. The van der Waals surface area contributed by atoms with Gasteiger partial charge in [-0.15, -0.1) is 0 Å². The minimum Gasteiger partial charge on any atom is -0.460 e. The molecule has 1 saturated heterocycles. The summed E-state index contributed by atoms with van der Waals surface area (Å²) in [5.74, 6) is -1.10. The lowest BCUT2D eigenvalue weighted by molar-refractivity contribution is -0.384. The van der Waals surface area contributed by atoms with Crippen molar-refractivity contribution in [3.63, 3.8) is 0 Å². The molecule has 146 valence electrons. The molecule has 1 fully saturated rings. The topological polar surface area (TPSA) is 120 Å². The third-order valence-corrected chi connectivity index (χ3v) is 5.35. The number of ether oxygens (including phenoxy) is 1. The Labute approximate surface area is 167 Å². The predicted octanol–water partition coefficient (Wildman–Crippen LogP) is 2.93. The number of furan rings is 1. The molecule has 1 aromatic heterocycles. The van der Waals surface area contributed by atoms with Crippen molar-refractivity contribution in [2.75, 3.05) is 0 Å². The Hall–Kier alpha value is -2.85. The third kappa shape index (κ3) is 4.34. The fourth-order valence-corrected chi connectivity index (χ4v) is 3.83. The van der Waals surface area contributed by atoms with Gasteiger partial charge in [-0.3, -0.25) is 19.7 Å². The molecular weight excluding hydrogens is 412 g/mol. The summed E-state index contributed by atoms with van der Waals surface area (Å²) in [6, 6.07) is 8.53. The highest BCUT2D eigenvalue weighted by molar-refractivity contribution is 8.14. The van der Waals surface area contributed by atoms with Crippen molar-refractivity contribution in [1.82, 2.24) is 4.90 Å². The van der Waals surface area contributed by atoms with Crippen LogP contribution in [0.4, 0.5) is 5.69 Å². The van der Waals surface area contributed by atoms with Crippen LogP contribution in [0.5, 0.6) is 0 Å². The number of carbonyl (C=O) groups is 3. The molecule has 1 aliphatic rings. The number of carbonyl (C=O) groups excluding carboxylic acids is 3. The minimum absolute atomic E-state index is 0.0654. The molecule has 2 heterocycles. The molecule has 28 heavy (non-hydrogen) atoms. The number of halogens is 1.